The molecule has 6 aromatic rings. The molecule has 1 aliphatic rings. The van der Waals surface area contributed by atoms with E-state index in [9.17, 15) is 13.2 Å². The standard InChI is InChI=1S/C41H38F3N3O3S/c42-34-21-32(22-35(43)39(34)44)36-23-47(46-45-36)40-37(49-25-30-15-7-2-8-16-30)28-51(33-19-11-4-12-20-33)38(27-48-24-29-13-5-1-6-14-29)41(40)50-26-31-17-9-3-10-18-31/h1-23,37-38,40-41,51H,24-28H2/t37-,38+,40-,41-/m0/s1. The molecule has 0 N–H and O–H groups in total. The zero-order valence-corrected chi connectivity index (χ0v) is 28.7. The molecule has 5 aromatic carbocycles. The second-order valence-electron chi connectivity index (χ2n) is 12.5. The molecule has 262 valence electrons. The highest BCUT2D eigenvalue weighted by molar-refractivity contribution is 8.17. The molecule has 7 rings (SSSR count). The molecule has 0 spiro atoms. The van der Waals surface area contributed by atoms with E-state index in [0.717, 1.165) is 28.8 Å². The molecule has 1 unspecified atom stereocenters. The molecule has 6 nitrogen and oxygen atoms in total. The highest BCUT2D eigenvalue weighted by Crippen LogP contribution is 2.52. The number of hydrogen-bond donors (Lipinski definition) is 1. The molecule has 0 bridgehead atoms. The highest BCUT2D eigenvalue weighted by Gasteiger charge is 2.47. The SMILES string of the molecule is Fc1cc(-c2cn([C@@H]3[C@@H](OCc4ccccc4)[C@@H](COCc4ccccc4)[SH](c4ccccc4)C[C@@H]3OCc3ccccc3)nn2)cc(F)c1F. The van der Waals surface area contributed by atoms with Gasteiger partial charge in [-0.15, -0.1) is 5.10 Å². The Bertz CT molecular complexity index is 1960. The van der Waals surface area contributed by atoms with Crippen LogP contribution in [0.3, 0.4) is 0 Å². The Morgan fingerprint density at radius 2 is 1.20 bits per heavy atom. The number of aromatic nitrogens is 3. The monoisotopic (exact) mass is 709 g/mol. The molecular weight excluding hydrogens is 672 g/mol. The third kappa shape index (κ3) is 8.43. The van der Waals surface area contributed by atoms with Crippen LogP contribution in [0, 0.1) is 17.5 Å². The highest BCUT2D eigenvalue weighted by atomic mass is 32.2. The average Bonchev–Trinajstić information content (AvgIpc) is 3.67. The zero-order valence-electron chi connectivity index (χ0n) is 27.8. The van der Waals surface area contributed by atoms with Gasteiger partial charge in [0.25, 0.3) is 0 Å². The van der Waals surface area contributed by atoms with Crippen molar-refractivity contribution in [2.75, 3.05) is 12.4 Å². The van der Waals surface area contributed by atoms with Gasteiger partial charge in [0.1, 0.15) is 11.7 Å². The van der Waals surface area contributed by atoms with Crippen LogP contribution in [0.1, 0.15) is 22.7 Å². The van der Waals surface area contributed by atoms with Gasteiger partial charge in [-0.25, -0.2) is 28.7 Å². The van der Waals surface area contributed by atoms with E-state index in [4.69, 9.17) is 14.2 Å². The fraction of sp³-hybridized carbons (Fsp3) is 0.220. The number of hydrogen-bond acceptors (Lipinski definition) is 5. The third-order valence-corrected chi connectivity index (χ3v) is 12.0. The molecule has 0 aliphatic carbocycles. The minimum Gasteiger partial charge on any atom is -0.376 e. The van der Waals surface area contributed by atoms with Crippen LogP contribution in [-0.4, -0.2) is 44.8 Å². The summed E-state index contributed by atoms with van der Waals surface area (Å²) in [6, 6.07) is 41.8. The van der Waals surface area contributed by atoms with Crippen LogP contribution >= 0.6 is 10.9 Å². The molecule has 0 amide bonds. The molecule has 1 fully saturated rings. The van der Waals surface area contributed by atoms with Crippen molar-refractivity contribution >= 4 is 10.9 Å². The molecule has 1 aliphatic heterocycles. The van der Waals surface area contributed by atoms with Gasteiger partial charge in [-0.2, -0.15) is 0 Å². The lowest BCUT2D eigenvalue weighted by molar-refractivity contribution is -0.0793. The van der Waals surface area contributed by atoms with Crippen molar-refractivity contribution in [1.29, 1.82) is 0 Å². The Balaban J connectivity index is 1.29. The molecule has 0 radical (unpaired) electrons. The Morgan fingerprint density at radius 1 is 0.667 bits per heavy atom. The van der Waals surface area contributed by atoms with Crippen molar-refractivity contribution in [1.82, 2.24) is 15.0 Å². The van der Waals surface area contributed by atoms with E-state index < -0.39 is 40.5 Å². The first kappa shape index (κ1) is 34.7. The van der Waals surface area contributed by atoms with Crippen LogP contribution in [0.15, 0.2) is 145 Å². The molecule has 2 heterocycles. The molecular formula is C41H38F3N3O3S. The molecule has 0 saturated carbocycles. The summed E-state index contributed by atoms with van der Waals surface area (Å²) in [5, 5.41) is 8.71. The maximum absolute atomic E-state index is 14.3. The minimum absolute atomic E-state index is 0.0752. The number of nitrogens with zero attached hydrogens (tertiary/aromatic N) is 3. The van der Waals surface area contributed by atoms with E-state index >= 15 is 0 Å². The normalized spacial score (nSPS) is 21.0. The van der Waals surface area contributed by atoms with Crippen molar-refractivity contribution in [2.24, 2.45) is 0 Å². The van der Waals surface area contributed by atoms with E-state index in [1.165, 1.54) is 4.90 Å². The predicted octanol–water partition coefficient (Wildman–Crippen LogP) is 8.73. The zero-order chi connectivity index (χ0) is 35.0. The topological polar surface area (TPSA) is 58.4 Å². The number of thiol groups is 1. The van der Waals surface area contributed by atoms with Gasteiger partial charge in [0, 0.05) is 16.6 Å². The fourth-order valence-corrected chi connectivity index (χ4v) is 9.54. The predicted molar refractivity (Wildman–Crippen MR) is 193 cm³/mol. The van der Waals surface area contributed by atoms with Crippen molar-refractivity contribution < 1.29 is 27.4 Å². The fourth-order valence-electron chi connectivity index (χ4n) is 6.51. The quantitative estimate of drug-likeness (QED) is 0.0961. The van der Waals surface area contributed by atoms with Crippen LogP contribution in [0.25, 0.3) is 11.3 Å². The number of benzene rings is 5. The summed E-state index contributed by atoms with van der Waals surface area (Å²) < 4.78 is 64.4. The van der Waals surface area contributed by atoms with Crippen molar-refractivity contribution in [3.8, 4) is 11.3 Å². The Kier molecular flexibility index (Phi) is 11.2. The first-order chi connectivity index (χ1) is 25.0. The van der Waals surface area contributed by atoms with E-state index in [2.05, 4.69) is 34.6 Å². The lowest BCUT2D eigenvalue weighted by atomic mass is 10.0. The second-order valence-corrected chi connectivity index (χ2v) is 15.0. The van der Waals surface area contributed by atoms with Gasteiger partial charge in [-0.1, -0.05) is 127 Å². The van der Waals surface area contributed by atoms with Gasteiger partial charge >= 0.3 is 0 Å². The lowest BCUT2D eigenvalue weighted by Gasteiger charge is -2.48. The summed E-state index contributed by atoms with van der Waals surface area (Å²) in [6.07, 6.45) is 0.768. The molecule has 1 saturated heterocycles. The Labute approximate surface area is 298 Å². The van der Waals surface area contributed by atoms with Crippen LogP contribution in [0.2, 0.25) is 0 Å². The van der Waals surface area contributed by atoms with Crippen molar-refractivity contribution in [3.63, 3.8) is 0 Å². The maximum atomic E-state index is 14.3. The van der Waals surface area contributed by atoms with Crippen molar-refractivity contribution in [3.05, 3.63) is 174 Å². The lowest BCUT2D eigenvalue weighted by Crippen LogP contribution is -2.52. The summed E-state index contributed by atoms with van der Waals surface area (Å²) in [6.45, 7) is 1.54. The Hall–Kier alpha value is -4.74. The van der Waals surface area contributed by atoms with E-state index in [1.54, 1.807) is 10.9 Å². The van der Waals surface area contributed by atoms with E-state index in [-0.39, 0.29) is 22.6 Å². The Morgan fingerprint density at radius 3 is 1.78 bits per heavy atom. The van der Waals surface area contributed by atoms with Gasteiger partial charge in [0.05, 0.1) is 44.8 Å². The van der Waals surface area contributed by atoms with Gasteiger partial charge in [-0.3, -0.25) is 0 Å². The number of halogens is 3. The first-order valence-electron chi connectivity index (χ1n) is 16.8. The largest absolute Gasteiger partial charge is 0.376 e. The molecule has 5 atom stereocenters. The van der Waals surface area contributed by atoms with Crippen LogP contribution in [0.4, 0.5) is 13.2 Å². The minimum atomic E-state index is -1.53. The van der Waals surface area contributed by atoms with E-state index in [0.29, 0.717) is 32.2 Å². The van der Waals surface area contributed by atoms with E-state index in [1.807, 2.05) is 97.1 Å². The van der Waals surface area contributed by atoms with Gasteiger partial charge in [0.2, 0.25) is 0 Å². The van der Waals surface area contributed by atoms with Gasteiger partial charge in [0.15, 0.2) is 17.5 Å². The summed E-state index contributed by atoms with van der Waals surface area (Å²) in [5.41, 5.74) is 3.37. The summed E-state index contributed by atoms with van der Waals surface area (Å²) >= 11 is 0. The third-order valence-electron chi connectivity index (χ3n) is 9.05. The van der Waals surface area contributed by atoms with Crippen LogP contribution in [0.5, 0.6) is 0 Å². The summed E-state index contributed by atoms with van der Waals surface area (Å²) in [5.74, 6) is -3.45. The summed E-state index contributed by atoms with van der Waals surface area (Å²) in [7, 11) is -0.894. The average molecular weight is 710 g/mol. The molecule has 10 heteroatoms. The maximum Gasteiger partial charge on any atom is 0.194 e. The first-order valence-corrected chi connectivity index (χ1v) is 18.4. The molecule has 51 heavy (non-hydrogen) atoms. The number of ether oxygens (including phenoxy) is 3. The smallest absolute Gasteiger partial charge is 0.194 e. The van der Waals surface area contributed by atoms with Gasteiger partial charge < -0.3 is 14.2 Å². The number of rotatable bonds is 13. The van der Waals surface area contributed by atoms with Crippen molar-refractivity contribution in [2.45, 2.75) is 48.2 Å². The van der Waals surface area contributed by atoms with Crippen LogP contribution < -0.4 is 0 Å². The second kappa shape index (κ2) is 16.5. The molecule has 1 aromatic heterocycles. The van der Waals surface area contributed by atoms with Gasteiger partial charge in [-0.05, 0) is 33.7 Å². The summed E-state index contributed by atoms with van der Waals surface area (Å²) in [4.78, 5) is 1.21. The van der Waals surface area contributed by atoms with Crippen LogP contribution in [-0.2, 0) is 34.0 Å².